The zero-order chi connectivity index (χ0) is 8.69. The maximum Gasteiger partial charge on any atom is 0.111 e. The summed E-state index contributed by atoms with van der Waals surface area (Å²) in [4.78, 5) is 9.78. The zero-order valence-corrected chi connectivity index (χ0v) is 7.36. The lowest BCUT2D eigenvalue weighted by atomic mass is 10.3. The molecule has 0 saturated heterocycles. The van der Waals surface area contributed by atoms with E-state index in [1.165, 1.54) is 12.7 Å². The fraction of sp³-hybridized carbons (Fsp3) is 0.714. The first-order valence-corrected chi connectivity index (χ1v) is 3.56. The van der Waals surface area contributed by atoms with E-state index >= 15 is 0 Å². The molecular weight excluding hydrogens is 140 g/mol. The molecule has 0 spiro atoms. The monoisotopic (exact) mass is 156 g/mol. The summed E-state index contributed by atoms with van der Waals surface area (Å²) in [6, 6.07) is 0.444. The molecule has 0 radical (unpaired) electrons. The van der Waals surface area contributed by atoms with Gasteiger partial charge in [-0.05, 0) is 21.0 Å². The van der Waals surface area contributed by atoms with Crippen molar-refractivity contribution in [1.82, 2.24) is 4.90 Å². The molecule has 0 amide bonds. The van der Waals surface area contributed by atoms with Gasteiger partial charge >= 0.3 is 0 Å². The molecule has 0 aliphatic rings. The van der Waals surface area contributed by atoms with Crippen LogP contribution in [0.1, 0.15) is 6.92 Å². The third-order valence-corrected chi connectivity index (χ3v) is 1.49. The molecule has 2 N–H and O–H groups in total. The van der Waals surface area contributed by atoms with Gasteiger partial charge in [0.25, 0.3) is 0 Å². The van der Waals surface area contributed by atoms with E-state index in [0.717, 1.165) is 6.54 Å². The van der Waals surface area contributed by atoms with Crippen LogP contribution in [0.5, 0.6) is 0 Å². The standard InChI is InChI=1S/C7H16N4/c1-7(11(2)3)4-9-6-10-5-8/h5-7H,4H2,1-3H3,(H2,8,9,10). The van der Waals surface area contributed by atoms with Crippen LogP contribution in [0.25, 0.3) is 0 Å². The quantitative estimate of drug-likeness (QED) is 0.458. The highest BCUT2D eigenvalue weighted by Gasteiger charge is 2.00. The molecule has 0 fully saturated rings. The Balaban J connectivity index is 3.52. The molecule has 0 saturated carbocycles. The van der Waals surface area contributed by atoms with E-state index < -0.39 is 0 Å². The molecule has 0 aliphatic heterocycles. The molecule has 0 aliphatic carbocycles. The van der Waals surface area contributed by atoms with Crippen LogP contribution in [-0.2, 0) is 0 Å². The largest absolute Gasteiger partial charge is 0.390 e. The molecule has 1 unspecified atom stereocenters. The molecule has 0 rings (SSSR count). The minimum Gasteiger partial charge on any atom is -0.390 e. The first kappa shape index (κ1) is 10.1. The second kappa shape index (κ2) is 5.85. The fourth-order valence-electron chi connectivity index (χ4n) is 0.449. The predicted molar refractivity (Wildman–Crippen MR) is 49.2 cm³/mol. The molecule has 64 valence electrons. The average molecular weight is 156 g/mol. The Labute approximate surface area is 67.8 Å². The Bertz CT molecular complexity index is 139. The van der Waals surface area contributed by atoms with Crippen molar-refractivity contribution in [2.75, 3.05) is 20.6 Å². The van der Waals surface area contributed by atoms with Crippen molar-refractivity contribution >= 4 is 12.7 Å². The van der Waals surface area contributed by atoms with E-state index in [2.05, 4.69) is 21.8 Å². The number of hydrogen-bond acceptors (Lipinski definition) is 2. The van der Waals surface area contributed by atoms with E-state index in [1.54, 1.807) is 0 Å². The highest BCUT2D eigenvalue weighted by Crippen LogP contribution is 1.90. The van der Waals surface area contributed by atoms with Gasteiger partial charge in [0, 0.05) is 6.04 Å². The third kappa shape index (κ3) is 5.54. The average Bonchev–Trinajstić information content (AvgIpc) is 1.97. The van der Waals surface area contributed by atoms with Crippen LogP contribution in [0.3, 0.4) is 0 Å². The summed E-state index contributed by atoms with van der Waals surface area (Å²) in [6.07, 6.45) is 2.70. The Morgan fingerprint density at radius 3 is 2.64 bits per heavy atom. The SMILES string of the molecule is CC(CN=CN=CN)N(C)C. The summed E-state index contributed by atoms with van der Waals surface area (Å²) in [5.74, 6) is 0. The van der Waals surface area contributed by atoms with Crippen molar-refractivity contribution in [2.24, 2.45) is 15.7 Å². The summed E-state index contributed by atoms with van der Waals surface area (Å²) in [5.41, 5.74) is 5.01. The van der Waals surface area contributed by atoms with Gasteiger partial charge in [-0.2, -0.15) is 0 Å². The van der Waals surface area contributed by atoms with Crippen molar-refractivity contribution in [2.45, 2.75) is 13.0 Å². The number of rotatable bonds is 4. The lowest BCUT2D eigenvalue weighted by Gasteiger charge is -2.16. The third-order valence-electron chi connectivity index (χ3n) is 1.49. The van der Waals surface area contributed by atoms with Gasteiger partial charge in [0.2, 0.25) is 0 Å². The van der Waals surface area contributed by atoms with E-state index in [0.29, 0.717) is 6.04 Å². The van der Waals surface area contributed by atoms with Gasteiger partial charge in [-0.25, -0.2) is 4.99 Å². The Morgan fingerprint density at radius 1 is 1.55 bits per heavy atom. The van der Waals surface area contributed by atoms with Crippen molar-refractivity contribution in [3.63, 3.8) is 0 Å². The second-order valence-electron chi connectivity index (χ2n) is 2.59. The minimum absolute atomic E-state index is 0.444. The smallest absolute Gasteiger partial charge is 0.111 e. The van der Waals surface area contributed by atoms with Gasteiger partial charge in [0.05, 0.1) is 12.9 Å². The summed E-state index contributed by atoms with van der Waals surface area (Å²) < 4.78 is 0. The molecule has 0 aromatic rings. The number of nitrogens with two attached hydrogens (primary N) is 1. The number of aliphatic imine (C=N–C) groups is 2. The summed E-state index contributed by atoms with van der Waals surface area (Å²) >= 11 is 0. The fourth-order valence-corrected chi connectivity index (χ4v) is 0.449. The molecule has 0 aromatic heterocycles. The van der Waals surface area contributed by atoms with Crippen molar-refractivity contribution in [1.29, 1.82) is 0 Å². The van der Waals surface area contributed by atoms with E-state index in [9.17, 15) is 0 Å². The lowest BCUT2D eigenvalue weighted by molar-refractivity contribution is 0.321. The van der Waals surface area contributed by atoms with Crippen molar-refractivity contribution in [3.05, 3.63) is 0 Å². The van der Waals surface area contributed by atoms with Crippen molar-refractivity contribution < 1.29 is 0 Å². The summed E-state index contributed by atoms with van der Waals surface area (Å²) in [7, 11) is 4.04. The van der Waals surface area contributed by atoms with Crippen LogP contribution in [-0.4, -0.2) is 44.3 Å². The van der Waals surface area contributed by atoms with Crippen LogP contribution in [0.4, 0.5) is 0 Å². The van der Waals surface area contributed by atoms with Crippen LogP contribution < -0.4 is 5.73 Å². The molecule has 4 nitrogen and oxygen atoms in total. The molecule has 11 heavy (non-hydrogen) atoms. The summed E-state index contributed by atoms with van der Waals surface area (Å²) in [5, 5.41) is 0. The Kier molecular flexibility index (Phi) is 5.37. The number of nitrogens with zero attached hydrogens (tertiary/aromatic N) is 3. The summed E-state index contributed by atoms with van der Waals surface area (Å²) in [6.45, 7) is 2.86. The Morgan fingerprint density at radius 2 is 2.18 bits per heavy atom. The van der Waals surface area contributed by atoms with Crippen LogP contribution in [0.2, 0.25) is 0 Å². The first-order chi connectivity index (χ1) is 5.18. The zero-order valence-electron chi connectivity index (χ0n) is 7.36. The second-order valence-corrected chi connectivity index (χ2v) is 2.59. The topological polar surface area (TPSA) is 54.0 Å². The molecule has 0 aromatic carbocycles. The lowest BCUT2D eigenvalue weighted by Crippen LogP contribution is -2.27. The molecule has 0 bridgehead atoms. The maximum absolute atomic E-state index is 5.01. The van der Waals surface area contributed by atoms with Crippen LogP contribution in [0, 0.1) is 0 Å². The van der Waals surface area contributed by atoms with Gasteiger partial charge in [-0.3, -0.25) is 4.99 Å². The number of likely N-dealkylation sites (N-methyl/N-ethyl adjacent to an activating group) is 1. The number of hydrogen-bond donors (Lipinski definition) is 1. The highest BCUT2D eigenvalue weighted by molar-refractivity contribution is 5.69. The first-order valence-electron chi connectivity index (χ1n) is 3.56. The van der Waals surface area contributed by atoms with E-state index in [1.807, 2.05) is 14.1 Å². The highest BCUT2D eigenvalue weighted by atomic mass is 15.1. The molecule has 1 atom stereocenters. The molecule has 0 heterocycles. The normalized spacial score (nSPS) is 15.3. The predicted octanol–water partition coefficient (Wildman–Crippen LogP) is -0.0482. The minimum atomic E-state index is 0.444. The Hall–Kier alpha value is -0.900. The van der Waals surface area contributed by atoms with Gasteiger partial charge in [-0.1, -0.05) is 0 Å². The van der Waals surface area contributed by atoms with Gasteiger partial charge in [0.1, 0.15) is 6.34 Å². The molecular formula is C7H16N4. The van der Waals surface area contributed by atoms with Crippen molar-refractivity contribution in [3.8, 4) is 0 Å². The van der Waals surface area contributed by atoms with Gasteiger partial charge in [0.15, 0.2) is 0 Å². The van der Waals surface area contributed by atoms with Crippen LogP contribution >= 0.6 is 0 Å². The van der Waals surface area contributed by atoms with Gasteiger partial charge < -0.3 is 10.6 Å². The maximum atomic E-state index is 5.01. The van der Waals surface area contributed by atoms with Gasteiger partial charge in [-0.15, -0.1) is 0 Å². The van der Waals surface area contributed by atoms with E-state index in [-0.39, 0.29) is 0 Å². The van der Waals surface area contributed by atoms with Crippen LogP contribution in [0.15, 0.2) is 9.98 Å². The molecule has 4 heteroatoms. The van der Waals surface area contributed by atoms with E-state index in [4.69, 9.17) is 5.73 Å².